The molecule has 0 spiro atoms. The number of nitrogens with two attached hydrogens (primary N) is 1. The van der Waals surface area contributed by atoms with Gasteiger partial charge in [0.05, 0.1) is 5.41 Å². The molecule has 264 valence electrons. The molecule has 0 atom stereocenters. The molecule has 0 aromatic carbocycles. The quantitative estimate of drug-likeness (QED) is 0.248. The number of carbonyl (C=O) groups is 2. The number of hydrogen-bond acceptors (Lipinski definition) is 4. The molecule has 6 heteroatoms. The Hall–Kier alpha value is -1.14. The van der Waals surface area contributed by atoms with Gasteiger partial charge in [-0.25, -0.2) is 0 Å². The molecule has 12 aliphatic rings. The molecule has 8 bridgehead atoms. The Morgan fingerprint density at radius 3 is 1.04 bits per heavy atom. The molecule has 0 aromatic rings. The first-order chi connectivity index (χ1) is 20.4. The number of hydrogen-bond donors (Lipinski definition) is 4. The summed E-state index contributed by atoms with van der Waals surface area (Å²) in [6.07, 6.45) is 14.4. The lowest BCUT2D eigenvalue weighted by atomic mass is 9.29. The number of carboxylic acids is 1. The normalized spacial score (nSPS) is 46.2. The molecular weight excluding hydrogens is 570 g/mol. The molecule has 0 saturated heterocycles. The second-order valence-electron chi connectivity index (χ2n) is 22.7. The Kier molecular flexibility index (Phi) is 7.67. The summed E-state index contributed by atoms with van der Waals surface area (Å²) in [4.78, 5) is 21.7. The van der Waals surface area contributed by atoms with E-state index in [1.807, 2.05) is 0 Å². The molecular formula is C40H71N3O3. The van der Waals surface area contributed by atoms with Crippen molar-refractivity contribution in [1.82, 2.24) is 10.6 Å². The van der Waals surface area contributed by atoms with Crippen LogP contribution in [-0.4, -0.2) is 40.6 Å². The molecule has 0 radical (unpaired) electrons. The van der Waals surface area contributed by atoms with Gasteiger partial charge in [0.25, 0.3) is 0 Å². The largest absolute Gasteiger partial charge is 0.481 e. The number of amides is 1. The highest BCUT2D eigenvalue weighted by atomic mass is 16.4. The zero-order valence-corrected chi connectivity index (χ0v) is 32.3. The minimum absolute atomic E-state index is 0.127. The fourth-order valence-corrected chi connectivity index (χ4v) is 11.4. The summed E-state index contributed by atoms with van der Waals surface area (Å²) in [6.45, 7) is 29.4. The first-order valence-corrected chi connectivity index (χ1v) is 18.4. The summed E-state index contributed by atoms with van der Waals surface area (Å²) < 4.78 is 0. The van der Waals surface area contributed by atoms with Crippen LogP contribution >= 0.6 is 0 Å². The van der Waals surface area contributed by atoms with E-state index in [2.05, 4.69) is 101 Å². The summed E-state index contributed by atoms with van der Waals surface area (Å²) in [5.74, 6) is -0.448. The Labute approximate surface area is 281 Å². The van der Waals surface area contributed by atoms with E-state index in [1.54, 1.807) is 6.92 Å². The van der Waals surface area contributed by atoms with E-state index >= 15 is 0 Å². The van der Waals surface area contributed by atoms with Crippen molar-refractivity contribution in [1.29, 1.82) is 0 Å². The minimum atomic E-state index is -0.575. The molecule has 12 fully saturated rings. The topological polar surface area (TPSA) is 104 Å². The van der Waals surface area contributed by atoms with Gasteiger partial charge in [-0.3, -0.25) is 9.59 Å². The summed E-state index contributed by atoms with van der Waals surface area (Å²) in [7, 11) is 2.10. The lowest BCUT2D eigenvalue weighted by Crippen LogP contribution is -2.77. The first kappa shape index (κ1) is 36.1. The summed E-state index contributed by atoms with van der Waals surface area (Å²) in [5.41, 5.74) is 10.7. The highest BCUT2D eigenvalue weighted by Gasteiger charge is 2.75. The molecule has 46 heavy (non-hydrogen) atoms. The van der Waals surface area contributed by atoms with E-state index in [-0.39, 0.29) is 22.4 Å². The van der Waals surface area contributed by atoms with Crippen LogP contribution in [0.1, 0.15) is 167 Å². The van der Waals surface area contributed by atoms with Gasteiger partial charge in [0, 0.05) is 23.5 Å². The maximum absolute atomic E-state index is 10.9. The minimum Gasteiger partial charge on any atom is -0.481 e. The molecule has 12 rings (SSSR count). The smallest absolute Gasteiger partial charge is 0.309 e. The number of aliphatic carboxylic acids is 1. The van der Waals surface area contributed by atoms with Crippen LogP contribution in [-0.2, 0) is 9.59 Å². The monoisotopic (exact) mass is 642 g/mol. The van der Waals surface area contributed by atoms with Gasteiger partial charge >= 0.3 is 5.97 Å². The van der Waals surface area contributed by atoms with Gasteiger partial charge in [0.2, 0.25) is 5.91 Å². The maximum Gasteiger partial charge on any atom is 0.309 e. The second kappa shape index (κ2) is 9.76. The fraction of sp³-hybridized carbons (Fsp3) is 0.950. The molecule has 1 amide bonds. The van der Waals surface area contributed by atoms with E-state index in [9.17, 15) is 9.59 Å². The van der Waals surface area contributed by atoms with Gasteiger partial charge in [-0.05, 0) is 127 Å². The molecule has 5 N–H and O–H groups in total. The van der Waals surface area contributed by atoms with Crippen LogP contribution in [0.25, 0.3) is 0 Å². The first-order valence-electron chi connectivity index (χ1n) is 18.4. The van der Waals surface area contributed by atoms with Gasteiger partial charge in [-0.2, -0.15) is 0 Å². The average molecular weight is 642 g/mol. The third-order valence-corrected chi connectivity index (χ3v) is 16.0. The van der Waals surface area contributed by atoms with Crippen molar-refractivity contribution in [3.63, 3.8) is 0 Å². The van der Waals surface area contributed by atoms with Crippen molar-refractivity contribution in [3.05, 3.63) is 0 Å². The molecule has 6 nitrogen and oxygen atoms in total. The van der Waals surface area contributed by atoms with E-state index in [0.717, 1.165) is 19.3 Å². The predicted molar refractivity (Wildman–Crippen MR) is 188 cm³/mol. The van der Waals surface area contributed by atoms with Gasteiger partial charge in [0.1, 0.15) is 0 Å². The van der Waals surface area contributed by atoms with Crippen molar-refractivity contribution >= 4 is 11.9 Å². The van der Waals surface area contributed by atoms with Crippen LogP contribution in [0, 0.1) is 48.7 Å². The van der Waals surface area contributed by atoms with Gasteiger partial charge in [-0.15, -0.1) is 0 Å². The van der Waals surface area contributed by atoms with Crippen LogP contribution in [0.2, 0.25) is 0 Å². The lowest BCUT2D eigenvalue weighted by Gasteiger charge is -2.75. The van der Waals surface area contributed by atoms with Crippen molar-refractivity contribution in [2.75, 3.05) is 7.05 Å². The highest BCUT2D eigenvalue weighted by molar-refractivity contribution is 5.79. The molecule has 0 aromatic heterocycles. The van der Waals surface area contributed by atoms with Crippen molar-refractivity contribution in [3.8, 4) is 0 Å². The summed E-state index contributed by atoms with van der Waals surface area (Å²) in [5, 5.41) is 15.4. The molecule has 12 aliphatic carbocycles. The molecule has 12 saturated carbocycles. The van der Waals surface area contributed by atoms with Gasteiger partial charge in [0.15, 0.2) is 0 Å². The molecule has 0 aliphatic heterocycles. The second-order valence-corrected chi connectivity index (χ2v) is 22.7. The van der Waals surface area contributed by atoms with E-state index in [1.165, 1.54) is 57.8 Å². The Morgan fingerprint density at radius 2 is 0.826 bits per heavy atom. The van der Waals surface area contributed by atoms with Crippen LogP contribution in [0.15, 0.2) is 0 Å². The van der Waals surface area contributed by atoms with Crippen LogP contribution < -0.4 is 16.4 Å². The Bertz CT molecular complexity index is 1190. The molecule has 0 heterocycles. The summed E-state index contributed by atoms with van der Waals surface area (Å²) >= 11 is 0. The Balaban J connectivity index is 0.000000121. The standard InChI is InChI=1S/C11H19NO.C10H19N.C10H16O2.C9H17N/c1-8(13)12-11-5-10(6-11,7-11)9(2,3)4;1-8(2,3)9-5-10(6-9,7-9)11-4;1-8(2,3)10-4-9(5-10,6-10)7(11)12;1-7(2,3)8-4-9(10,5-8)6-8/h5-7H2,1-4H3,(H,12,13);11H,5-7H2,1-4H3;4-6H2,1-3H3,(H,11,12);4-6,10H2,1-3H3. The van der Waals surface area contributed by atoms with Crippen molar-refractivity contribution < 1.29 is 14.7 Å². The average Bonchev–Trinajstić information content (AvgIpc) is 2.59. The zero-order valence-electron chi connectivity index (χ0n) is 32.3. The van der Waals surface area contributed by atoms with Crippen LogP contribution in [0.4, 0.5) is 0 Å². The predicted octanol–water partition coefficient (Wildman–Crippen LogP) is 8.47. The van der Waals surface area contributed by atoms with Crippen LogP contribution in [0.3, 0.4) is 0 Å². The van der Waals surface area contributed by atoms with Gasteiger partial charge < -0.3 is 21.5 Å². The fourth-order valence-electron chi connectivity index (χ4n) is 11.4. The van der Waals surface area contributed by atoms with Crippen LogP contribution in [0.5, 0.6) is 0 Å². The molecule has 0 unspecified atom stereocenters. The number of carboxylic acid groups (broad SMARTS) is 1. The third-order valence-electron chi connectivity index (χ3n) is 16.0. The lowest BCUT2D eigenvalue weighted by molar-refractivity contribution is -0.259. The zero-order chi connectivity index (χ0) is 35.1. The van der Waals surface area contributed by atoms with E-state index in [0.29, 0.717) is 48.9 Å². The highest BCUT2D eigenvalue weighted by Crippen LogP contribution is 2.79. The SMILES string of the molecule is CC(=O)NC12CC(C(C)(C)C)(C1)C2.CC(C)(C)C12CC(C(=O)O)(C1)C2.CC(C)(C)C12CC(N)(C1)C2.CNC12CC(C(C)(C)C)(C1)C2. The Morgan fingerprint density at radius 1 is 0.543 bits per heavy atom. The van der Waals surface area contributed by atoms with E-state index < -0.39 is 5.97 Å². The third kappa shape index (κ3) is 5.14. The summed E-state index contributed by atoms with van der Waals surface area (Å²) in [6, 6.07) is 0. The van der Waals surface area contributed by atoms with Gasteiger partial charge in [-0.1, -0.05) is 83.1 Å². The number of nitrogens with one attached hydrogen (secondary N) is 2. The number of carbonyl (C=O) groups excluding carboxylic acids is 1. The van der Waals surface area contributed by atoms with Crippen molar-refractivity contribution in [2.24, 2.45) is 54.5 Å². The maximum atomic E-state index is 10.9. The van der Waals surface area contributed by atoms with E-state index in [4.69, 9.17) is 10.8 Å². The van der Waals surface area contributed by atoms with Crippen molar-refractivity contribution in [2.45, 2.75) is 184 Å². The number of rotatable bonds is 3.